The fourth-order valence-corrected chi connectivity index (χ4v) is 3.10. The third kappa shape index (κ3) is 2.10. The van der Waals surface area contributed by atoms with Crippen LogP contribution in [0.4, 0.5) is 0 Å². The number of carbonyl (C=O) groups is 1. The van der Waals surface area contributed by atoms with E-state index in [-0.39, 0.29) is 5.91 Å². The molecule has 0 radical (unpaired) electrons. The Labute approximate surface area is 107 Å². The Hall–Kier alpha value is -1.49. The second-order valence-electron chi connectivity index (χ2n) is 5.35. The first kappa shape index (κ1) is 11.6. The fraction of sp³-hybridized carbons (Fsp3) is 0.615. The number of hydrogen-bond donors (Lipinski definition) is 1. The lowest BCUT2D eigenvalue weighted by atomic mass is 9.79. The van der Waals surface area contributed by atoms with E-state index in [1.165, 1.54) is 12.8 Å². The first-order valence-corrected chi connectivity index (χ1v) is 6.55. The van der Waals surface area contributed by atoms with Gasteiger partial charge in [-0.3, -0.25) is 9.78 Å². The second kappa shape index (κ2) is 4.65. The molecule has 0 unspecified atom stereocenters. The molecule has 2 saturated heterocycles. The van der Waals surface area contributed by atoms with E-state index < -0.39 is 0 Å². The number of carbonyl (C=O) groups excluding carboxylic acids is 1. The summed E-state index contributed by atoms with van der Waals surface area (Å²) in [6.45, 7) is 3.82. The molecule has 1 aromatic heterocycles. The minimum absolute atomic E-state index is 0.0223. The van der Waals surface area contributed by atoms with Crippen LogP contribution in [0.1, 0.15) is 29.8 Å². The van der Waals surface area contributed by atoms with Gasteiger partial charge >= 0.3 is 0 Å². The normalized spacial score (nSPS) is 27.7. The Kier molecular flexibility index (Phi) is 2.99. The van der Waals surface area contributed by atoms with Crippen molar-refractivity contribution in [2.45, 2.75) is 19.3 Å². The molecule has 3 rings (SSSR count). The molecule has 2 aliphatic heterocycles. The maximum atomic E-state index is 12.3. The minimum Gasteiger partial charge on any atom is -0.337 e. The van der Waals surface area contributed by atoms with Crippen molar-refractivity contribution < 1.29 is 4.79 Å². The highest BCUT2D eigenvalue weighted by Crippen LogP contribution is 2.35. The molecule has 0 saturated carbocycles. The third-order valence-electron chi connectivity index (χ3n) is 4.06. The first-order valence-electron chi connectivity index (χ1n) is 6.55. The van der Waals surface area contributed by atoms with E-state index in [0.717, 1.165) is 32.6 Å². The van der Waals surface area contributed by atoms with E-state index in [2.05, 4.69) is 15.3 Å². The van der Waals surface area contributed by atoms with Crippen LogP contribution in [-0.2, 0) is 0 Å². The van der Waals surface area contributed by atoms with Crippen LogP contribution in [0, 0.1) is 5.41 Å². The van der Waals surface area contributed by atoms with Crippen molar-refractivity contribution >= 4 is 5.91 Å². The Morgan fingerprint density at radius 2 is 2.33 bits per heavy atom. The molecule has 1 aromatic rings. The summed E-state index contributed by atoms with van der Waals surface area (Å²) in [4.78, 5) is 22.4. The van der Waals surface area contributed by atoms with Crippen molar-refractivity contribution in [2.75, 3.05) is 26.2 Å². The van der Waals surface area contributed by atoms with Crippen molar-refractivity contribution in [1.29, 1.82) is 0 Å². The van der Waals surface area contributed by atoms with Crippen LogP contribution in [0.15, 0.2) is 18.6 Å². The zero-order valence-corrected chi connectivity index (χ0v) is 10.4. The van der Waals surface area contributed by atoms with Crippen molar-refractivity contribution in [1.82, 2.24) is 20.2 Å². The molecule has 18 heavy (non-hydrogen) atoms. The van der Waals surface area contributed by atoms with Gasteiger partial charge in [0.2, 0.25) is 0 Å². The summed E-state index contributed by atoms with van der Waals surface area (Å²) in [5, 5.41) is 3.42. The van der Waals surface area contributed by atoms with Gasteiger partial charge in [0.15, 0.2) is 0 Å². The lowest BCUT2D eigenvalue weighted by Crippen LogP contribution is -2.47. The molecular weight excluding hydrogens is 228 g/mol. The number of nitrogens with one attached hydrogen (secondary N) is 1. The number of amides is 1. The number of hydrogen-bond acceptors (Lipinski definition) is 4. The Morgan fingerprint density at radius 1 is 1.39 bits per heavy atom. The standard InChI is InChI=1S/C13H18N4O/c18-12(11-8-14-5-6-16-11)17-7-1-2-13(10-17)3-4-15-9-13/h5-6,8,15H,1-4,7,9-10H2/t13-/m1/s1. The summed E-state index contributed by atoms with van der Waals surface area (Å²) in [6.07, 6.45) is 8.21. The molecule has 2 fully saturated rings. The summed E-state index contributed by atoms with van der Waals surface area (Å²) < 4.78 is 0. The first-order chi connectivity index (χ1) is 8.79. The van der Waals surface area contributed by atoms with Gasteiger partial charge in [-0.15, -0.1) is 0 Å². The SMILES string of the molecule is O=C(c1cnccn1)N1CCC[C@]2(CCNC2)C1. The fourth-order valence-electron chi connectivity index (χ4n) is 3.10. The van der Waals surface area contributed by atoms with Crippen LogP contribution >= 0.6 is 0 Å². The van der Waals surface area contributed by atoms with E-state index in [9.17, 15) is 4.79 Å². The molecule has 0 aromatic carbocycles. The zero-order chi connectivity index (χ0) is 12.4. The van der Waals surface area contributed by atoms with Crippen LogP contribution in [0.25, 0.3) is 0 Å². The van der Waals surface area contributed by atoms with Gasteiger partial charge in [0.25, 0.3) is 5.91 Å². The van der Waals surface area contributed by atoms with Gasteiger partial charge in [0, 0.05) is 37.4 Å². The van der Waals surface area contributed by atoms with Gasteiger partial charge in [-0.2, -0.15) is 0 Å². The zero-order valence-electron chi connectivity index (χ0n) is 10.4. The molecule has 96 valence electrons. The van der Waals surface area contributed by atoms with Crippen molar-refractivity contribution in [2.24, 2.45) is 5.41 Å². The molecule has 1 spiro atoms. The van der Waals surface area contributed by atoms with Crippen molar-refractivity contribution in [3.8, 4) is 0 Å². The Balaban J connectivity index is 1.74. The molecule has 1 amide bonds. The second-order valence-corrected chi connectivity index (χ2v) is 5.35. The average Bonchev–Trinajstić information content (AvgIpc) is 2.87. The van der Waals surface area contributed by atoms with E-state index >= 15 is 0 Å². The average molecular weight is 246 g/mol. The molecule has 1 N–H and O–H groups in total. The third-order valence-corrected chi connectivity index (χ3v) is 4.06. The Morgan fingerprint density at radius 3 is 3.06 bits per heavy atom. The van der Waals surface area contributed by atoms with E-state index in [1.807, 2.05) is 4.90 Å². The summed E-state index contributed by atoms with van der Waals surface area (Å²) >= 11 is 0. The summed E-state index contributed by atoms with van der Waals surface area (Å²) in [5.74, 6) is 0.0223. The van der Waals surface area contributed by atoms with Gasteiger partial charge < -0.3 is 10.2 Å². The van der Waals surface area contributed by atoms with Gasteiger partial charge in [-0.05, 0) is 25.8 Å². The summed E-state index contributed by atoms with van der Waals surface area (Å²) in [7, 11) is 0. The van der Waals surface area contributed by atoms with Crippen LogP contribution in [0.5, 0.6) is 0 Å². The van der Waals surface area contributed by atoms with Gasteiger partial charge in [-0.25, -0.2) is 4.98 Å². The van der Waals surface area contributed by atoms with Crippen LogP contribution in [0.3, 0.4) is 0 Å². The minimum atomic E-state index is 0.0223. The molecule has 5 nitrogen and oxygen atoms in total. The monoisotopic (exact) mass is 246 g/mol. The Bertz CT molecular complexity index is 428. The van der Waals surface area contributed by atoms with Gasteiger partial charge in [0.1, 0.15) is 5.69 Å². The predicted molar refractivity (Wildman–Crippen MR) is 67.1 cm³/mol. The maximum absolute atomic E-state index is 12.3. The van der Waals surface area contributed by atoms with E-state index in [0.29, 0.717) is 11.1 Å². The highest BCUT2D eigenvalue weighted by molar-refractivity contribution is 5.92. The molecule has 3 heterocycles. The lowest BCUT2D eigenvalue weighted by Gasteiger charge is -2.39. The van der Waals surface area contributed by atoms with Crippen molar-refractivity contribution in [3.63, 3.8) is 0 Å². The summed E-state index contributed by atoms with van der Waals surface area (Å²) in [6, 6.07) is 0. The number of rotatable bonds is 1. The van der Waals surface area contributed by atoms with Crippen LogP contribution in [-0.4, -0.2) is 47.0 Å². The van der Waals surface area contributed by atoms with Crippen LogP contribution < -0.4 is 5.32 Å². The number of piperidine rings is 1. The lowest BCUT2D eigenvalue weighted by molar-refractivity contribution is 0.0547. The number of aromatic nitrogens is 2. The number of nitrogens with zero attached hydrogens (tertiary/aromatic N) is 3. The van der Waals surface area contributed by atoms with Crippen molar-refractivity contribution in [3.05, 3.63) is 24.3 Å². The predicted octanol–water partition coefficient (Wildman–Crippen LogP) is 0.692. The topological polar surface area (TPSA) is 58.1 Å². The molecule has 0 aliphatic carbocycles. The summed E-state index contributed by atoms with van der Waals surface area (Å²) in [5.41, 5.74) is 0.761. The van der Waals surface area contributed by atoms with Crippen LogP contribution in [0.2, 0.25) is 0 Å². The quantitative estimate of drug-likeness (QED) is 0.792. The van der Waals surface area contributed by atoms with Gasteiger partial charge in [0.05, 0.1) is 6.20 Å². The van der Waals surface area contributed by atoms with Gasteiger partial charge in [-0.1, -0.05) is 0 Å². The maximum Gasteiger partial charge on any atom is 0.274 e. The molecule has 0 bridgehead atoms. The molecular formula is C13H18N4O. The van der Waals surface area contributed by atoms with E-state index in [4.69, 9.17) is 0 Å². The highest BCUT2D eigenvalue weighted by atomic mass is 16.2. The highest BCUT2D eigenvalue weighted by Gasteiger charge is 2.39. The molecule has 2 aliphatic rings. The smallest absolute Gasteiger partial charge is 0.274 e. The molecule has 5 heteroatoms. The van der Waals surface area contributed by atoms with E-state index in [1.54, 1.807) is 18.6 Å². The largest absolute Gasteiger partial charge is 0.337 e. The number of likely N-dealkylation sites (tertiary alicyclic amines) is 1. The molecule has 1 atom stereocenters.